The van der Waals surface area contributed by atoms with Crippen molar-refractivity contribution < 1.29 is 13.2 Å². The smallest absolute Gasteiger partial charge is 0.244 e. The highest BCUT2D eigenvalue weighted by atomic mass is 32.2. The van der Waals surface area contributed by atoms with Crippen molar-refractivity contribution in [1.82, 2.24) is 5.32 Å². The summed E-state index contributed by atoms with van der Waals surface area (Å²) in [5.74, 6) is -0.209. The number of aryl methyl sites for hydroxylation is 2. The maximum absolute atomic E-state index is 12.2. The summed E-state index contributed by atoms with van der Waals surface area (Å²) in [6.07, 6.45) is 4.40. The molecule has 0 saturated carbocycles. The fourth-order valence-corrected chi connectivity index (χ4v) is 3.16. The molecule has 0 bridgehead atoms. The summed E-state index contributed by atoms with van der Waals surface area (Å²) >= 11 is 0. The van der Waals surface area contributed by atoms with Gasteiger partial charge in [-0.3, -0.25) is 9.52 Å². The number of carbonyl (C=O) groups is 1. The Kier molecular flexibility index (Phi) is 6.21. The Morgan fingerprint density at radius 1 is 1.12 bits per heavy atom. The zero-order valence-electron chi connectivity index (χ0n) is 15.4. The Morgan fingerprint density at radius 3 is 2.50 bits per heavy atom. The molecule has 1 unspecified atom stereocenters. The van der Waals surface area contributed by atoms with E-state index in [1.165, 1.54) is 11.6 Å². The van der Waals surface area contributed by atoms with Crippen LogP contribution in [-0.4, -0.2) is 20.6 Å². The topological polar surface area (TPSA) is 75.3 Å². The molecular weight excluding hydrogens is 348 g/mol. The molecule has 0 aliphatic rings. The van der Waals surface area contributed by atoms with Gasteiger partial charge in [-0.25, -0.2) is 8.42 Å². The number of rotatable bonds is 6. The van der Waals surface area contributed by atoms with E-state index in [2.05, 4.69) is 16.1 Å². The predicted octanol–water partition coefficient (Wildman–Crippen LogP) is 3.57. The van der Waals surface area contributed by atoms with Crippen molar-refractivity contribution in [3.8, 4) is 0 Å². The van der Waals surface area contributed by atoms with Crippen LogP contribution in [0, 0.1) is 13.8 Å². The number of anilines is 1. The molecule has 2 N–H and O–H groups in total. The summed E-state index contributed by atoms with van der Waals surface area (Å²) in [4.78, 5) is 12.2. The van der Waals surface area contributed by atoms with Crippen LogP contribution in [0.1, 0.15) is 35.2 Å². The third-order valence-corrected chi connectivity index (χ3v) is 4.49. The molecule has 0 aromatic heterocycles. The van der Waals surface area contributed by atoms with Gasteiger partial charge in [0.2, 0.25) is 15.9 Å². The van der Waals surface area contributed by atoms with E-state index >= 15 is 0 Å². The number of benzene rings is 2. The van der Waals surface area contributed by atoms with Crippen LogP contribution in [0.2, 0.25) is 0 Å². The fraction of sp³-hybridized carbons (Fsp3) is 0.250. The minimum atomic E-state index is -3.34. The molecule has 5 nitrogen and oxygen atoms in total. The summed E-state index contributed by atoms with van der Waals surface area (Å²) in [5.41, 5.74) is 4.57. The summed E-state index contributed by atoms with van der Waals surface area (Å²) < 4.78 is 25.1. The molecule has 2 rings (SSSR count). The van der Waals surface area contributed by atoms with Gasteiger partial charge in [0.15, 0.2) is 0 Å². The minimum absolute atomic E-state index is 0.209. The number of nitrogens with one attached hydrogen (secondary N) is 2. The van der Waals surface area contributed by atoms with E-state index in [1.54, 1.807) is 24.3 Å². The second-order valence-corrected chi connectivity index (χ2v) is 8.17. The average molecular weight is 372 g/mol. The van der Waals surface area contributed by atoms with Crippen molar-refractivity contribution in [3.63, 3.8) is 0 Å². The molecule has 0 heterocycles. The monoisotopic (exact) mass is 372 g/mol. The highest BCUT2D eigenvalue weighted by molar-refractivity contribution is 7.92. The highest BCUT2D eigenvalue weighted by Gasteiger charge is 2.09. The van der Waals surface area contributed by atoms with Gasteiger partial charge >= 0.3 is 0 Å². The number of sulfonamides is 1. The molecule has 1 atom stereocenters. The SMILES string of the molecule is Cc1ccc(/C=C/C(=O)NC(C)c2cccc(NS(C)(=O)=O)c2)c(C)c1. The number of hydrogen-bond acceptors (Lipinski definition) is 3. The van der Waals surface area contributed by atoms with Crippen LogP contribution in [0.25, 0.3) is 6.08 Å². The van der Waals surface area contributed by atoms with Crippen molar-refractivity contribution >= 4 is 27.7 Å². The normalized spacial score (nSPS) is 12.8. The molecular formula is C20H24N2O3S. The van der Waals surface area contributed by atoms with Gasteiger partial charge in [0.1, 0.15) is 0 Å². The molecule has 0 saturated heterocycles. The van der Waals surface area contributed by atoms with Crippen LogP contribution in [0.5, 0.6) is 0 Å². The first-order valence-corrected chi connectivity index (χ1v) is 10.2. The van der Waals surface area contributed by atoms with E-state index in [0.717, 1.165) is 22.9 Å². The first-order chi connectivity index (χ1) is 12.1. The summed E-state index contributed by atoms with van der Waals surface area (Å²) in [6.45, 7) is 5.89. The second-order valence-electron chi connectivity index (χ2n) is 6.42. The lowest BCUT2D eigenvalue weighted by Gasteiger charge is -2.14. The molecule has 26 heavy (non-hydrogen) atoms. The van der Waals surface area contributed by atoms with Crippen LogP contribution >= 0.6 is 0 Å². The van der Waals surface area contributed by atoms with Crippen molar-refractivity contribution in [2.75, 3.05) is 11.0 Å². The van der Waals surface area contributed by atoms with Crippen molar-refractivity contribution in [2.24, 2.45) is 0 Å². The van der Waals surface area contributed by atoms with Crippen molar-refractivity contribution in [3.05, 3.63) is 70.8 Å². The molecule has 0 radical (unpaired) electrons. The van der Waals surface area contributed by atoms with E-state index in [4.69, 9.17) is 0 Å². The second kappa shape index (κ2) is 8.19. The van der Waals surface area contributed by atoms with Gasteiger partial charge in [0.25, 0.3) is 0 Å². The molecule has 1 amide bonds. The molecule has 0 spiro atoms. The Morgan fingerprint density at radius 2 is 1.85 bits per heavy atom. The summed E-state index contributed by atoms with van der Waals surface area (Å²) in [7, 11) is -3.34. The Hall–Kier alpha value is -2.60. The van der Waals surface area contributed by atoms with E-state index in [-0.39, 0.29) is 11.9 Å². The number of amides is 1. The zero-order valence-corrected chi connectivity index (χ0v) is 16.2. The first-order valence-electron chi connectivity index (χ1n) is 8.27. The molecule has 138 valence electrons. The standard InChI is InChI=1S/C20H24N2O3S/c1-14-8-9-17(15(2)12-14)10-11-20(23)21-16(3)18-6-5-7-19(13-18)22-26(4,24)25/h5-13,16,22H,1-4H3,(H,21,23)/b11-10+. The molecule has 6 heteroatoms. The Balaban J connectivity index is 2.04. The maximum Gasteiger partial charge on any atom is 0.244 e. The molecule has 0 fully saturated rings. The molecule has 0 aliphatic heterocycles. The average Bonchev–Trinajstić information content (AvgIpc) is 2.52. The van der Waals surface area contributed by atoms with Crippen molar-refractivity contribution in [2.45, 2.75) is 26.8 Å². The Bertz CT molecular complexity index is 934. The van der Waals surface area contributed by atoms with Crippen LogP contribution in [-0.2, 0) is 14.8 Å². The third-order valence-electron chi connectivity index (χ3n) is 3.89. The fourth-order valence-electron chi connectivity index (χ4n) is 2.61. The number of carbonyl (C=O) groups excluding carboxylic acids is 1. The van der Waals surface area contributed by atoms with Gasteiger partial charge in [-0.2, -0.15) is 0 Å². The lowest BCUT2D eigenvalue weighted by molar-refractivity contribution is -0.117. The maximum atomic E-state index is 12.2. The van der Waals surface area contributed by atoms with Gasteiger partial charge in [-0.1, -0.05) is 35.9 Å². The third kappa shape index (κ3) is 6.04. The minimum Gasteiger partial charge on any atom is -0.346 e. The largest absolute Gasteiger partial charge is 0.346 e. The van der Waals surface area contributed by atoms with E-state index in [0.29, 0.717) is 5.69 Å². The number of hydrogen-bond donors (Lipinski definition) is 2. The molecule has 2 aromatic carbocycles. The van der Waals surface area contributed by atoms with Gasteiger partial charge in [0, 0.05) is 11.8 Å². The van der Waals surface area contributed by atoms with Crippen molar-refractivity contribution in [1.29, 1.82) is 0 Å². The lowest BCUT2D eigenvalue weighted by Crippen LogP contribution is -2.24. The summed E-state index contributed by atoms with van der Waals surface area (Å²) in [6, 6.07) is 12.8. The van der Waals surface area contributed by atoms with E-state index < -0.39 is 10.0 Å². The van der Waals surface area contributed by atoms with Gasteiger partial charge < -0.3 is 5.32 Å². The predicted molar refractivity (Wildman–Crippen MR) is 106 cm³/mol. The Labute approximate surface area is 155 Å². The van der Waals surface area contributed by atoms with E-state index in [1.807, 2.05) is 39.0 Å². The van der Waals surface area contributed by atoms with Crippen LogP contribution in [0.3, 0.4) is 0 Å². The molecule has 2 aromatic rings. The zero-order chi connectivity index (χ0) is 19.3. The quantitative estimate of drug-likeness (QED) is 0.761. The van der Waals surface area contributed by atoms with Crippen LogP contribution in [0.4, 0.5) is 5.69 Å². The van der Waals surface area contributed by atoms with Gasteiger partial charge in [-0.15, -0.1) is 0 Å². The first kappa shape index (κ1) is 19.7. The highest BCUT2D eigenvalue weighted by Crippen LogP contribution is 2.18. The van der Waals surface area contributed by atoms with E-state index in [9.17, 15) is 13.2 Å². The van der Waals surface area contributed by atoms with Crippen LogP contribution < -0.4 is 10.0 Å². The summed E-state index contributed by atoms with van der Waals surface area (Å²) in [5, 5.41) is 2.88. The van der Waals surface area contributed by atoms with Gasteiger partial charge in [0.05, 0.1) is 12.3 Å². The lowest BCUT2D eigenvalue weighted by atomic mass is 10.1. The molecule has 0 aliphatic carbocycles. The van der Waals surface area contributed by atoms with Crippen LogP contribution in [0.15, 0.2) is 48.5 Å². The van der Waals surface area contributed by atoms with Gasteiger partial charge in [-0.05, 0) is 55.7 Å².